The molecule has 0 heterocycles. The molecule has 0 atom stereocenters. The molecule has 0 fully saturated rings. The molecule has 0 spiro atoms. The maximum absolute atomic E-state index is 8.87. The number of quaternary nitrogens is 1. The van der Waals surface area contributed by atoms with Crippen LogP contribution in [-0.4, -0.2) is 31.6 Å². The lowest BCUT2D eigenvalue weighted by molar-refractivity contribution is -0.857. The number of nitrogens with one attached hydrogen (secondary N) is 1. The van der Waals surface area contributed by atoms with Crippen LogP contribution in [0.15, 0.2) is 35.5 Å². The maximum Gasteiger partial charge on any atom is 0.0923 e. The molecule has 1 aromatic carbocycles. The van der Waals surface area contributed by atoms with E-state index in [4.69, 9.17) is 5.21 Å². The van der Waals surface area contributed by atoms with Crippen molar-refractivity contribution in [1.82, 2.24) is 0 Å². The quantitative estimate of drug-likeness (QED) is 0.405. The Morgan fingerprint density at radius 3 is 2.43 bits per heavy atom. The molecule has 1 aromatic rings. The van der Waals surface area contributed by atoms with Gasteiger partial charge in [-0.2, -0.15) is 0 Å². The van der Waals surface area contributed by atoms with Crippen LogP contribution in [0, 0.1) is 0 Å². The Hall–Kier alpha value is -1.35. The molecule has 2 N–H and O–H groups in total. The Kier molecular flexibility index (Phi) is 4.13. The molecule has 0 amide bonds. The number of hydrogen-bond donors (Lipinski definition) is 2. The van der Waals surface area contributed by atoms with Gasteiger partial charge in [0.05, 0.1) is 26.4 Å². The van der Waals surface area contributed by atoms with Crippen molar-refractivity contribution in [3.63, 3.8) is 0 Å². The minimum Gasteiger partial charge on any atom is -0.411 e. The van der Waals surface area contributed by atoms with Crippen LogP contribution in [-0.2, 0) is 0 Å². The van der Waals surface area contributed by atoms with Crippen molar-refractivity contribution in [3.8, 4) is 0 Å². The molecular weight excluding hydrogens is 176 g/mol. The molecule has 0 aliphatic heterocycles. The van der Waals surface area contributed by atoms with Crippen molar-refractivity contribution in [3.05, 3.63) is 35.9 Å². The van der Waals surface area contributed by atoms with Gasteiger partial charge in [0.25, 0.3) is 0 Å². The molecular formula is C11H17N2O+. The third-order valence-electron chi connectivity index (χ3n) is 2.09. The summed E-state index contributed by atoms with van der Waals surface area (Å²) in [7, 11) is 4.17. The van der Waals surface area contributed by atoms with Gasteiger partial charge in [-0.3, -0.25) is 0 Å². The van der Waals surface area contributed by atoms with Crippen molar-refractivity contribution in [2.75, 3.05) is 20.6 Å². The van der Waals surface area contributed by atoms with E-state index in [1.807, 2.05) is 30.3 Å². The van der Waals surface area contributed by atoms with Crippen molar-refractivity contribution in [1.29, 1.82) is 0 Å². The fraction of sp³-hybridized carbons (Fsp3) is 0.364. The summed E-state index contributed by atoms with van der Waals surface area (Å²) in [5.74, 6) is 0. The van der Waals surface area contributed by atoms with Gasteiger partial charge >= 0.3 is 0 Å². The average molecular weight is 193 g/mol. The second kappa shape index (κ2) is 5.40. The van der Waals surface area contributed by atoms with E-state index in [-0.39, 0.29) is 0 Å². The Balaban J connectivity index is 2.65. The van der Waals surface area contributed by atoms with Gasteiger partial charge in [-0.1, -0.05) is 35.5 Å². The van der Waals surface area contributed by atoms with E-state index < -0.39 is 0 Å². The highest BCUT2D eigenvalue weighted by atomic mass is 16.4. The van der Waals surface area contributed by atoms with Crippen LogP contribution in [0.3, 0.4) is 0 Å². The SMILES string of the molecule is C[NH+](C)CC/C(=N/O)c1ccccc1. The van der Waals surface area contributed by atoms with Crippen LogP contribution in [0.1, 0.15) is 12.0 Å². The summed E-state index contributed by atoms with van der Waals surface area (Å²) < 4.78 is 0. The average Bonchev–Trinajstić information content (AvgIpc) is 2.20. The molecule has 0 saturated heterocycles. The number of oxime groups is 1. The molecule has 0 bridgehead atoms. The first kappa shape index (κ1) is 10.7. The third kappa shape index (κ3) is 3.18. The van der Waals surface area contributed by atoms with Crippen molar-refractivity contribution in [2.24, 2.45) is 5.16 Å². The smallest absolute Gasteiger partial charge is 0.0923 e. The zero-order valence-electron chi connectivity index (χ0n) is 8.70. The van der Waals surface area contributed by atoms with E-state index in [0.717, 1.165) is 24.2 Å². The Morgan fingerprint density at radius 1 is 1.29 bits per heavy atom. The molecule has 0 saturated carbocycles. The number of nitrogens with zero attached hydrogens (tertiary/aromatic N) is 1. The lowest BCUT2D eigenvalue weighted by Crippen LogP contribution is -3.05. The van der Waals surface area contributed by atoms with Crippen LogP contribution in [0.25, 0.3) is 0 Å². The van der Waals surface area contributed by atoms with Gasteiger partial charge in [-0.15, -0.1) is 0 Å². The molecule has 76 valence electrons. The van der Waals surface area contributed by atoms with Gasteiger partial charge in [0.2, 0.25) is 0 Å². The van der Waals surface area contributed by atoms with E-state index >= 15 is 0 Å². The highest BCUT2D eigenvalue weighted by Gasteiger charge is 2.05. The monoisotopic (exact) mass is 193 g/mol. The van der Waals surface area contributed by atoms with Crippen LogP contribution >= 0.6 is 0 Å². The van der Waals surface area contributed by atoms with Gasteiger partial charge in [0.15, 0.2) is 0 Å². The minimum absolute atomic E-state index is 0.756. The first-order valence-electron chi connectivity index (χ1n) is 4.79. The molecule has 14 heavy (non-hydrogen) atoms. The first-order chi connectivity index (χ1) is 6.74. The zero-order chi connectivity index (χ0) is 10.4. The first-order valence-corrected chi connectivity index (χ1v) is 4.79. The van der Waals surface area contributed by atoms with Crippen molar-refractivity contribution < 1.29 is 10.1 Å². The topological polar surface area (TPSA) is 37.0 Å². The highest BCUT2D eigenvalue weighted by molar-refractivity contribution is 6.00. The highest BCUT2D eigenvalue weighted by Crippen LogP contribution is 2.02. The third-order valence-corrected chi connectivity index (χ3v) is 2.09. The van der Waals surface area contributed by atoms with Crippen LogP contribution in [0.2, 0.25) is 0 Å². The van der Waals surface area contributed by atoms with E-state index in [9.17, 15) is 0 Å². The fourth-order valence-corrected chi connectivity index (χ4v) is 1.25. The summed E-state index contributed by atoms with van der Waals surface area (Å²) in [5, 5.41) is 12.2. The molecule has 3 heteroatoms. The van der Waals surface area contributed by atoms with Crippen LogP contribution in [0.5, 0.6) is 0 Å². The molecule has 0 aromatic heterocycles. The number of rotatable bonds is 4. The van der Waals surface area contributed by atoms with Crippen LogP contribution in [0.4, 0.5) is 0 Å². The van der Waals surface area contributed by atoms with Gasteiger partial charge < -0.3 is 10.1 Å². The van der Waals surface area contributed by atoms with Gasteiger partial charge in [-0.05, 0) is 5.56 Å². The van der Waals surface area contributed by atoms with E-state index in [1.54, 1.807) is 0 Å². The minimum atomic E-state index is 0.756. The van der Waals surface area contributed by atoms with E-state index in [1.165, 1.54) is 4.90 Å². The van der Waals surface area contributed by atoms with Gasteiger partial charge in [-0.25, -0.2) is 0 Å². The zero-order valence-corrected chi connectivity index (χ0v) is 8.70. The maximum atomic E-state index is 8.87. The van der Waals surface area contributed by atoms with Crippen molar-refractivity contribution in [2.45, 2.75) is 6.42 Å². The summed E-state index contributed by atoms with van der Waals surface area (Å²) in [6, 6.07) is 9.77. The lowest BCUT2D eigenvalue weighted by Gasteiger charge is -2.07. The Bertz CT molecular complexity index is 293. The molecule has 3 nitrogen and oxygen atoms in total. The normalized spacial score (nSPS) is 12.1. The standard InChI is InChI=1S/C11H16N2O/c1-13(2)9-8-11(12-14)10-6-4-3-5-7-10/h3-7,14H,8-9H2,1-2H3/p+1/b12-11-. The molecule has 0 radical (unpaired) electrons. The number of hydrogen-bond acceptors (Lipinski definition) is 2. The summed E-state index contributed by atoms with van der Waals surface area (Å²) in [6.07, 6.45) is 0.794. The largest absolute Gasteiger partial charge is 0.411 e. The Morgan fingerprint density at radius 2 is 1.93 bits per heavy atom. The van der Waals surface area contributed by atoms with Crippen LogP contribution < -0.4 is 4.90 Å². The second-order valence-corrected chi connectivity index (χ2v) is 3.62. The second-order valence-electron chi connectivity index (χ2n) is 3.62. The number of benzene rings is 1. The molecule has 0 aliphatic rings. The van der Waals surface area contributed by atoms with E-state index in [2.05, 4.69) is 19.3 Å². The van der Waals surface area contributed by atoms with Crippen molar-refractivity contribution >= 4 is 5.71 Å². The lowest BCUT2D eigenvalue weighted by atomic mass is 10.1. The predicted molar refractivity (Wildman–Crippen MR) is 57.1 cm³/mol. The van der Waals surface area contributed by atoms with Gasteiger partial charge in [0.1, 0.15) is 0 Å². The molecule has 0 aliphatic carbocycles. The molecule has 1 rings (SSSR count). The summed E-state index contributed by atoms with van der Waals surface area (Å²) in [4.78, 5) is 1.35. The fourth-order valence-electron chi connectivity index (χ4n) is 1.25. The summed E-state index contributed by atoms with van der Waals surface area (Å²) in [5.41, 5.74) is 1.75. The predicted octanol–water partition coefficient (Wildman–Crippen LogP) is 0.400. The van der Waals surface area contributed by atoms with E-state index in [0.29, 0.717) is 0 Å². The Labute approximate surface area is 84.7 Å². The summed E-state index contributed by atoms with van der Waals surface area (Å²) in [6.45, 7) is 0.967. The summed E-state index contributed by atoms with van der Waals surface area (Å²) >= 11 is 0. The van der Waals surface area contributed by atoms with Gasteiger partial charge in [0, 0.05) is 6.42 Å². The molecule has 0 unspecified atom stereocenters.